The molecule has 1 unspecified atom stereocenters. The van der Waals surface area contributed by atoms with E-state index in [-0.39, 0.29) is 17.9 Å². The molecule has 0 aromatic carbocycles. The van der Waals surface area contributed by atoms with Gasteiger partial charge in [-0.2, -0.15) is 0 Å². The number of unbranched alkanes of at least 4 members (excludes halogenated alkanes) is 8. The van der Waals surface area contributed by atoms with E-state index in [1.807, 2.05) is 0 Å². The molecule has 6 heteroatoms. The smallest absolute Gasteiger partial charge is 0.232 e. The van der Waals surface area contributed by atoms with Crippen molar-refractivity contribution in [2.45, 2.75) is 90.4 Å². The van der Waals surface area contributed by atoms with Gasteiger partial charge in [0, 0.05) is 19.4 Å². The Hall–Kier alpha value is -1.00. The molecule has 0 spiro atoms. The van der Waals surface area contributed by atoms with Gasteiger partial charge in [-0.3, -0.25) is 4.79 Å². The van der Waals surface area contributed by atoms with E-state index in [4.69, 9.17) is 5.73 Å². The largest absolute Gasteiger partial charge is 0.629 e. The zero-order valence-corrected chi connectivity index (χ0v) is 19.3. The topological polar surface area (TPSA) is 98.4 Å². The standard InChI is InChI=1S/C23H43N2O3P/c1-2-3-4-5-6-7-8-9-10-11-12-13-14-15-16-18-22(26)25-19-17-20-29(28)23(27)21-24/h6-7,9-10,27H,2-5,8,11-21,24H2,1H3,(H,25,26). The Kier molecular flexibility index (Phi) is 21.0. The number of allylic oxidation sites excluding steroid dienone is 4. The maximum absolute atomic E-state index is 11.7. The van der Waals surface area contributed by atoms with Gasteiger partial charge in [-0.05, 0) is 38.5 Å². The molecule has 0 radical (unpaired) electrons. The quantitative estimate of drug-likeness (QED) is 0.161. The van der Waals surface area contributed by atoms with Crippen LogP contribution in [0.5, 0.6) is 0 Å². The van der Waals surface area contributed by atoms with E-state index in [1.54, 1.807) is 0 Å². The molecule has 0 aliphatic heterocycles. The number of aliphatic hydroxyl groups is 1. The molecule has 0 bridgehead atoms. The average molecular weight is 427 g/mol. The Morgan fingerprint density at radius 3 is 2.24 bits per heavy atom. The van der Waals surface area contributed by atoms with Crippen molar-refractivity contribution in [2.75, 3.05) is 19.3 Å². The van der Waals surface area contributed by atoms with Crippen LogP contribution in [-0.4, -0.2) is 35.7 Å². The Balaban J connectivity index is 3.41. The van der Waals surface area contributed by atoms with Gasteiger partial charge < -0.3 is 21.1 Å². The van der Waals surface area contributed by atoms with Crippen LogP contribution in [-0.2, 0) is 4.79 Å². The Morgan fingerprint density at radius 2 is 1.59 bits per heavy atom. The van der Waals surface area contributed by atoms with Crippen molar-refractivity contribution < 1.29 is 14.8 Å². The molecule has 5 nitrogen and oxygen atoms in total. The summed E-state index contributed by atoms with van der Waals surface area (Å²) in [6.45, 7) is 2.67. The number of aliphatic hydroxyl groups excluding tert-OH is 1. The predicted octanol–water partition coefficient (Wildman–Crippen LogP) is 4.52. The third kappa shape index (κ3) is 20.1. The van der Waals surface area contributed by atoms with E-state index in [0.717, 1.165) is 25.7 Å². The molecule has 168 valence electrons. The lowest BCUT2D eigenvalue weighted by Crippen LogP contribution is -2.25. The van der Waals surface area contributed by atoms with E-state index in [2.05, 4.69) is 36.5 Å². The number of hydrogen-bond donors (Lipinski definition) is 3. The summed E-state index contributed by atoms with van der Waals surface area (Å²) >= 11 is 0. The van der Waals surface area contributed by atoms with Crippen molar-refractivity contribution in [1.29, 1.82) is 0 Å². The fraction of sp³-hybridized carbons (Fsp3) is 0.739. The van der Waals surface area contributed by atoms with Crippen LogP contribution >= 0.6 is 7.77 Å². The third-order valence-electron chi connectivity index (χ3n) is 4.69. The summed E-state index contributed by atoms with van der Waals surface area (Å²) in [6, 6.07) is 0. The lowest BCUT2D eigenvalue weighted by atomic mass is 10.1. The van der Waals surface area contributed by atoms with Gasteiger partial charge in [-0.1, -0.05) is 63.3 Å². The highest BCUT2D eigenvalue weighted by Crippen LogP contribution is 2.13. The minimum absolute atomic E-state index is 0.0536. The Morgan fingerprint density at radius 1 is 0.966 bits per heavy atom. The lowest BCUT2D eigenvalue weighted by Gasteiger charge is -2.05. The number of amides is 1. The Labute approximate surface area is 179 Å². The molecule has 0 aromatic rings. The second-order valence-corrected chi connectivity index (χ2v) is 9.13. The van der Waals surface area contributed by atoms with Gasteiger partial charge in [-0.25, -0.2) is 0 Å². The highest BCUT2D eigenvalue weighted by molar-refractivity contribution is 7.51. The molecular formula is C23H43N2O3P. The first-order valence-corrected chi connectivity index (χ1v) is 12.8. The highest BCUT2D eigenvalue weighted by Gasteiger charge is 2.06. The zero-order chi connectivity index (χ0) is 21.6. The fourth-order valence-electron chi connectivity index (χ4n) is 2.87. The molecule has 1 atom stereocenters. The van der Waals surface area contributed by atoms with Crippen LogP contribution < -0.4 is 15.9 Å². The van der Waals surface area contributed by atoms with Crippen molar-refractivity contribution >= 4 is 19.2 Å². The molecular weight excluding hydrogens is 383 g/mol. The van der Waals surface area contributed by atoms with Crippen LogP contribution in [0, 0.1) is 0 Å². The van der Waals surface area contributed by atoms with Gasteiger partial charge in [-0.15, -0.1) is 0 Å². The number of carbonyl (C=O) groups is 1. The zero-order valence-electron chi connectivity index (χ0n) is 18.4. The first-order chi connectivity index (χ1) is 14.1. The van der Waals surface area contributed by atoms with Gasteiger partial charge in [0.05, 0.1) is 14.3 Å². The van der Waals surface area contributed by atoms with Gasteiger partial charge >= 0.3 is 0 Å². The molecule has 0 aromatic heterocycles. The minimum Gasteiger partial charge on any atom is -0.629 e. The molecule has 0 aliphatic carbocycles. The summed E-state index contributed by atoms with van der Waals surface area (Å²) in [7, 11) is -1.76. The third-order valence-corrected chi connectivity index (χ3v) is 6.17. The second-order valence-electron chi connectivity index (χ2n) is 7.41. The summed E-state index contributed by atoms with van der Waals surface area (Å²) < 4.78 is 0. The van der Waals surface area contributed by atoms with Crippen LogP contribution in [0.2, 0.25) is 0 Å². The summed E-state index contributed by atoms with van der Waals surface area (Å²) in [6.07, 6.45) is 23.5. The molecule has 0 saturated carbocycles. The molecule has 0 saturated heterocycles. The fourth-order valence-corrected chi connectivity index (χ4v) is 3.77. The van der Waals surface area contributed by atoms with Crippen molar-refractivity contribution in [1.82, 2.24) is 5.32 Å². The van der Waals surface area contributed by atoms with Crippen LogP contribution in [0.1, 0.15) is 90.4 Å². The van der Waals surface area contributed by atoms with Crippen molar-refractivity contribution in [3.8, 4) is 0 Å². The lowest BCUT2D eigenvalue weighted by molar-refractivity contribution is -0.153. The predicted molar refractivity (Wildman–Crippen MR) is 125 cm³/mol. The van der Waals surface area contributed by atoms with Crippen molar-refractivity contribution in [3.05, 3.63) is 24.3 Å². The molecule has 0 fully saturated rings. The summed E-state index contributed by atoms with van der Waals surface area (Å²) in [5.74, 6) is 0.0536. The van der Waals surface area contributed by atoms with E-state index < -0.39 is 7.77 Å². The van der Waals surface area contributed by atoms with Gasteiger partial charge in [0.1, 0.15) is 6.16 Å². The molecule has 4 N–H and O–H groups in total. The van der Waals surface area contributed by atoms with Gasteiger partial charge in [0.25, 0.3) is 0 Å². The molecule has 1 amide bonds. The summed E-state index contributed by atoms with van der Waals surface area (Å²) in [5, 5.41) is 12.1. The maximum Gasteiger partial charge on any atom is 0.232 e. The summed E-state index contributed by atoms with van der Waals surface area (Å²) in [5.41, 5.74) is 5.08. The number of carbonyl (C=O) groups excluding carboxylic acids is 1. The van der Waals surface area contributed by atoms with Crippen LogP contribution in [0.25, 0.3) is 0 Å². The van der Waals surface area contributed by atoms with E-state index in [1.165, 1.54) is 44.9 Å². The second kappa shape index (κ2) is 21.7. The summed E-state index contributed by atoms with van der Waals surface area (Å²) in [4.78, 5) is 23.2. The highest BCUT2D eigenvalue weighted by atomic mass is 31.1. The van der Waals surface area contributed by atoms with E-state index in [0.29, 0.717) is 25.5 Å². The SMILES string of the molecule is CCCCCC=CCC=CCCCCCCCC(=O)NCCC/[P+]([O-])=C(\O)CN. The van der Waals surface area contributed by atoms with E-state index in [9.17, 15) is 14.8 Å². The van der Waals surface area contributed by atoms with Crippen LogP contribution in [0.15, 0.2) is 24.3 Å². The van der Waals surface area contributed by atoms with Gasteiger partial charge in [0.15, 0.2) is 0 Å². The number of hydrogen-bond acceptors (Lipinski definition) is 3. The number of nitrogens with one attached hydrogen (secondary N) is 1. The van der Waals surface area contributed by atoms with Crippen molar-refractivity contribution in [3.63, 3.8) is 0 Å². The van der Waals surface area contributed by atoms with E-state index >= 15 is 0 Å². The average Bonchev–Trinajstić information content (AvgIpc) is 2.73. The molecule has 0 aliphatic rings. The Bertz CT molecular complexity index is 491. The molecule has 0 heterocycles. The van der Waals surface area contributed by atoms with Crippen molar-refractivity contribution in [2.24, 2.45) is 5.73 Å². The first-order valence-electron chi connectivity index (χ1n) is 11.4. The van der Waals surface area contributed by atoms with Gasteiger partial charge in [0.2, 0.25) is 11.4 Å². The first kappa shape index (κ1) is 28.0. The van der Waals surface area contributed by atoms with Crippen LogP contribution in [0.4, 0.5) is 0 Å². The monoisotopic (exact) mass is 426 g/mol. The normalized spacial score (nSPS) is 12.7. The maximum atomic E-state index is 11.7. The molecule has 29 heavy (non-hydrogen) atoms. The van der Waals surface area contributed by atoms with Crippen LogP contribution in [0.3, 0.4) is 0 Å². The minimum atomic E-state index is -1.76. The number of rotatable bonds is 19. The molecule has 0 rings (SSSR count). The number of nitrogens with two attached hydrogens (primary N) is 1.